The molecule has 1 N–H and O–H groups in total. The Bertz CT molecular complexity index is 475. The zero-order valence-corrected chi connectivity index (χ0v) is 13.5. The minimum atomic E-state index is -0.562. The van der Waals surface area contributed by atoms with Crippen LogP contribution in [-0.4, -0.2) is 17.9 Å². The maximum atomic E-state index is 12.2. The fourth-order valence-electron chi connectivity index (χ4n) is 1.93. The largest absolute Gasteiger partial charge is 0.445 e. The molecule has 0 bridgehead atoms. The lowest BCUT2D eigenvalue weighted by Gasteiger charge is -2.31. The second-order valence-electron chi connectivity index (χ2n) is 6.56. The Morgan fingerprint density at radius 3 is 2.19 bits per heavy atom. The van der Waals surface area contributed by atoms with Crippen molar-refractivity contribution in [1.82, 2.24) is 5.32 Å². The van der Waals surface area contributed by atoms with Crippen molar-refractivity contribution in [2.75, 3.05) is 0 Å². The summed E-state index contributed by atoms with van der Waals surface area (Å²) in [5.41, 5.74) is 0.558. The molecular weight excluding hydrogens is 266 g/mol. The van der Waals surface area contributed by atoms with Crippen LogP contribution in [0.25, 0.3) is 0 Å². The van der Waals surface area contributed by atoms with Crippen LogP contribution in [0.15, 0.2) is 30.3 Å². The summed E-state index contributed by atoms with van der Waals surface area (Å²) in [6.45, 7) is 9.63. The molecular formula is C17H25NO3. The van der Waals surface area contributed by atoms with E-state index in [0.717, 1.165) is 5.56 Å². The van der Waals surface area contributed by atoms with Crippen LogP contribution in [-0.2, 0) is 16.1 Å². The molecule has 1 unspecified atom stereocenters. The maximum Gasteiger partial charge on any atom is 0.408 e. The highest BCUT2D eigenvalue weighted by molar-refractivity contribution is 5.89. The van der Waals surface area contributed by atoms with Crippen LogP contribution in [0.3, 0.4) is 0 Å². The van der Waals surface area contributed by atoms with Crippen molar-refractivity contribution in [3.63, 3.8) is 0 Å². The van der Waals surface area contributed by atoms with E-state index in [2.05, 4.69) is 5.32 Å². The number of carbonyl (C=O) groups excluding carboxylic acids is 2. The van der Waals surface area contributed by atoms with Crippen molar-refractivity contribution in [1.29, 1.82) is 0 Å². The van der Waals surface area contributed by atoms with Gasteiger partial charge in [0.15, 0.2) is 5.78 Å². The number of nitrogens with one attached hydrogen (secondary N) is 1. The highest BCUT2D eigenvalue weighted by atomic mass is 16.5. The first-order valence-electron chi connectivity index (χ1n) is 7.22. The average Bonchev–Trinajstić information content (AvgIpc) is 2.41. The van der Waals surface area contributed by atoms with Crippen molar-refractivity contribution in [3.8, 4) is 0 Å². The number of ketones is 1. The molecule has 0 radical (unpaired) electrons. The molecule has 1 rings (SSSR count). The average molecular weight is 291 g/mol. The first-order chi connectivity index (χ1) is 9.71. The Hall–Kier alpha value is -1.84. The number of Topliss-reactive ketones (excluding diaryl/α,β-unsaturated/α-hetero) is 1. The van der Waals surface area contributed by atoms with Crippen molar-refractivity contribution in [2.24, 2.45) is 11.3 Å². The molecule has 4 heteroatoms. The molecule has 1 aromatic rings. The first kappa shape index (κ1) is 17.2. The maximum absolute atomic E-state index is 12.2. The van der Waals surface area contributed by atoms with Gasteiger partial charge in [-0.1, -0.05) is 65.0 Å². The Morgan fingerprint density at radius 2 is 1.71 bits per heavy atom. The van der Waals surface area contributed by atoms with Crippen LogP contribution in [0.4, 0.5) is 4.79 Å². The van der Waals surface area contributed by atoms with E-state index in [4.69, 9.17) is 4.74 Å². The van der Waals surface area contributed by atoms with E-state index in [1.54, 1.807) is 0 Å². The van der Waals surface area contributed by atoms with Gasteiger partial charge in [-0.2, -0.15) is 0 Å². The molecule has 116 valence electrons. The number of alkyl carbamates (subject to hydrolysis) is 1. The first-order valence-corrected chi connectivity index (χ1v) is 7.22. The Balaban J connectivity index is 2.63. The molecule has 0 fully saturated rings. The van der Waals surface area contributed by atoms with Gasteiger partial charge in [0.1, 0.15) is 6.61 Å². The predicted molar refractivity (Wildman–Crippen MR) is 82.9 cm³/mol. The van der Waals surface area contributed by atoms with Crippen LogP contribution in [0.2, 0.25) is 0 Å². The van der Waals surface area contributed by atoms with Crippen LogP contribution >= 0.6 is 0 Å². The minimum absolute atomic E-state index is 0.0131. The third kappa shape index (κ3) is 5.58. The Labute approximate surface area is 126 Å². The fraction of sp³-hybridized carbons (Fsp3) is 0.529. The van der Waals surface area contributed by atoms with Gasteiger partial charge in [-0.05, 0) is 11.0 Å². The molecule has 21 heavy (non-hydrogen) atoms. The lowest BCUT2D eigenvalue weighted by atomic mass is 9.81. The summed E-state index contributed by atoms with van der Waals surface area (Å²) in [6.07, 6.45) is -0.562. The number of amides is 1. The van der Waals surface area contributed by atoms with Gasteiger partial charge < -0.3 is 10.1 Å². The van der Waals surface area contributed by atoms with Crippen molar-refractivity contribution in [2.45, 2.75) is 47.3 Å². The molecule has 4 nitrogen and oxygen atoms in total. The molecule has 0 spiro atoms. The van der Waals surface area contributed by atoms with Crippen LogP contribution in [0.5, 0.6) is 0 Å². The number of benzene rings is 1. The van der Waals surface area contributed by atoms with Gasteiger partial charge in [0.25, 0.3) is 0 Å². The van der Waals surface area contributed by atoms with Gasteiger partial charge in [0.2, 0.25) is 0 Å². The van der Waals surface area contributed by atoms with Crippen LogP contribution in [0, 0.1) is 11.3 Å². The SMILES string of the molecule is CC(C)C(=O)C(NC(=O)OCc1ccccc1)C(C)(C)C. The molecule has 0 aliphatic rings. The molecule has 0 aromatic heterocycles. The third-order valence-corrected chi connectivity index (χ3v) is 3.19. The summed E-state index contributed by atoms with van der Waals surface area (Å²) in [4.78, 5) is 24.1. The van der Waals surface area contributed by atoms with E-state index in [9.17, 15) is 9.59 Å². The molecule has 0 aliphatic carbocycles. The summed E-state index contributed by atoms with van der Waals surface area (Å²) >= 11 is 0. The third-order valence-electron chi connectivity index (χ3n) is 3.19. The zero-order chi connectivity index (χ0) is 16.0. The van der Waals surface area contributed by atoms with Gasteiger partial charge in [-0.15, -0.1) is 0 Å². The monoisotopic (exact) mass is 291 g/mol. The van der Waals surface area contributed by atoms with Gasteiger partial charge in [0.05, 0.1) is 6.04 Å². The van der Waals surface area contributed by atoms with Gasteiger partial charge >= 0.3 is 6.09 Å². The van der Waals surface area contributed by atoms with E-state index in [-0.39, 0.29) is 23.7 Å². The van der Waals surface area contributed by atoms with E-state index in [0.29, 0.717) is 0 Å². The summed E-state index contributed by atoms with van der Waals surface area (Å²) in [5, 5.41) is 2.70. The summed E-state index contributed by atoms with van der Waals surface area (Å²) in [5.74, 6) is -0.122. The molecule has 1 amide bonds. The molecule has 0 heterocycles. The lowest BCUT2D eigenvalue weighted by molar-refractivity contribution is -0.126. The second-order valence-corrected chi connectivity index (χ2v) is 6.56. The topological polar surface area (TPSA) is 55.4 Å². The number of carbonyl (C=O) groups is 2. The summed E-state index contributed by atoms with van der Waals surface area (Å²) < 4.78 is 5.18. The zero-order valence-electron chi connectivity index (χ0n) is 13.5. The summed E-state index contributed by atoms with van der Waals surface area (Å²) in [6, 6.07) is 8.89. The predicted octanol–water partition coefficient (Wildman–Crippen LogP) is 3.55. The number of rotatable bonds is 5. The Morgan fingerprint density at radius 1 is 1.14 bits per heavy atom. The van der Waals surface area contributed by atoms with E-state index in [1.165, 1.54) is 0 Å². The van der Waals surface area contributed by atoms with Gasteiger partial charge in [-0.3, -0.25) is 4.79 Å². The smallest absolute Gasteiger partial charge is 0.408 e. The van der Waals surface area contributed by atoms with E-state index < -0.39 is 12.1 Å². The minimum Gasteiger partial charge on any atom is -0.445 e. The van der Waals surface area contributed by atoms with Gasteiger partial charge in [-0.25, -0.2) is 4.79 Å². The highest BCUT2D eigenvalue weighted by Gasteiger charge is 2.34. The molecule has 1 atom stereocenters. The van der Waals surface area contributed by atoms with Crippen molar-refractivity contribution in [3.05, 3.63) is 35.9 Å². The highest BCUT2D eigenvalue weighted by Crippen LogP contribution is 2.22. The fourth-order valence-corrected chi connectivity index (χ4v) is 1.93. The normalized spacial score (nSPS) is 12.9. The number of hydrogen-bond acceptors (Lipinski definition) is 3. The molecule has 0 aliphatic heterocycles. The van der Waals surface area contributed by atoms with Crippen molar-refractivity contribution >= 4 is 11.9 Å². The van der Waals surface area contributed by atoms with E-state index in [1.807, 2.05) is 65.0 Å². The van der Waals surface area contributed by atoms with Crippen LogP contribution in [0.1, 0.15) is 40.2 Å². The van der Waals surface area contributed by atoms with Crippen LogP contribution < -0.4 is 5.32 Å². The standard InChI is InChI=1S/C17H25NO3/c1-12(2)14(19)15(17(3,4)5)18-16(20)21-11-13-9-7-6-8-10-13/h6-10,12,15H,11H2,1-5H3,(H,18,20). The number of hydrogen-bond donors (Lipinski definition) is 1. The quantitative estimate of drug-likeness (QED) is 0.902. The Kier molecular flexibility index (Phi) is 5.94. The number of ether oxygens (including phenoxy) is 1. The summed E-state index contributed by atoms with van der Waals surface area (Å²) in [7, 11) is 0. The van der Waals surface area contributed by atoms with Gasteiger partial charge in [0, 0.05) is 5.92 Å². The van der Waals surface area contributed by atoms with Crippen molar-refractivity contribution < 1.29 is 14.3 Å². The molecule has 0 saturated heterocycles. The molecule has 1 aromatic carbocycles. The lowest BCUT2D eigenvalue weighted by Crippen LogP contribution is -2.50. The molecule has 0 saturated carbocycles. The second kappa shape index (κ2) is 7.25. The van der Waals surface area contributed by atoms with E-state index >= 15 is 0 Å².